The molecule has 6 nitrogen and oxygen atoms in total. The van der Waals surface area contributed by atoms with Gasteiger partial charge in [0.1, 0.15) is 0 Å². The molecule has 1 atom stereocenters. The molecule has 0 N–H and O–H groups in total. The number of ether oxygens (including phenoxy) is 3. The summed E-state index contributed by atoms with van der Waals surface area (Å²) in [6, 6.07) is 0.0702. The van der Waals surface area contributed by atoms with Crippen molar-refractivity contribution in [2.75, 3.05) is 59.7 Å². The monoisotopic (exact) mass is 244 g/mol. The van der Waals surface area contributed by atoms with E-state index in [-0.39, 0.29) is 12.1 Å². The number of urea groups is 1. The fourth-order valence-corrected chi connectivity index (χ4v) is 2.05. The number of rotatable bonds is 1. The zero-order valence-electron chi connectivity index (χ0n) is 10.3. The van der Waals surface area contributed by atoms with Gasteiger partial charge >= 0.3 is 6.03 Å². The largest absolute Gasteiger partial charge is 0.378 e. The van der Waals surface area contributed by atoms with Crippen LogP contribution in [0.4, 0.5) is 4.79 Å². The van der Waals surface area contributed by atoms with E-state index >= 15 is 0 Å². The van der Waals surface area contributed by atoms with Crippen LogP contribution >= 0.6 is 0 Å². The molecule has 0 aliphatic carbocycles. The standard InChI is InChI=1S/C11H20N2O4/c1-15-10-8-13(4-7-17-9-10)11(14)12-2-5-16-6-3-12/h10H,2-9H2,1H3/t10-/m1/s1. The first kappa shape index (κ1) is 12.6. The molecule has 0 radical (unpaired) electrons. The van der Waals surface area contributed by atoms with Crippen molar-refractivity contribution in [3.8, 4) is 0 Å². The van der Waals surface area contributed by atoms with Crippen molar-refractivity contribution in [2.45, 2.75) is 6.10 Å². The maximum atomic E-state index is 12.3. The highest BCUT2D eigenvalue weighted by atomic mass is 16.5. The minimum Gasteiger partial charge on any atom is -0.378 e. The summed E-state index contributed by atoms with van der Waals surface area (Å²) in [4.78, 5) is 15.9. The van der Waals surface area contributed by atoms with Crippen LogP contribution in [0.15, 0.2) is 0 Å². The second kappa shape index (κ2) is 6.18. The first-order chi connectivity index (χ1) is 8.31. The van der Waals surface area contributed by atoms with Gasteiger partial charge in [-0.25, -0.2) is 4.79 Å². The zero-order valence-corrected chi connectivity index (χ0v) is 10.3. The number of hydrogen-bond donors (Lipinski definition) is 0. The van der Waals surface area contributed by atoms with E-state index in [9.17, 15) is 4.79 Å². The summed E-state index contributed by atoms with van der Waals surface area (Å²) in [5.41, 5.74) is 0. The molecular weight excluding hydrogens is 224 g/mol. The van der Waals surface area contributed by atoms with Gasteiger partial charge in [-0.05, 0) is 0 Å². The predicted octanol–water partition coefficient (Wildman–Crippen LogP) is -0.214. The molecule has 2 aliphatic rings. The van der Waals surface area contributed by atoms with Gasteiger partial charge in [-0.1, -0.05) is 0 Å². The van der Waals surface area contributed by atoms with Gasteiger partial charge in [-0.3, -0.25) is 0 Å². The van der Waals surface area contributed by atoms with Crippen LogP contribution in [0.2, 0.25) is 0 Å². The van der Waals surface area contributed by atoms with E-state index in [0.717, 1.165) is 0 Å². The van der Waals surface area contributed by atoms with E-state index in [1.807, 2.05) is 9.80 Å². The van der Waals surface area contributed by atoms with Crippen LogP contribution in [-0.4, -0.2) is 81.7 Å². The molecule has 0 unspecified atom stereocenters. The van der Waals surface area contributed by atoms with Crippen LogP contribution in [0.25, 0.3) is 0 Å². The van der Waals surface area contributed by atoms with Crippen LogP contribution < -0.4 is 0 Å². The predicted molar refractivity (Wildman–Crippen MR) is 61.0 cm³/mol. The molecule has 2 rings (SSSR count). The van der Waals surface area contributed by atoms with Gasteiger partial charge in [-0.2, -0.15) is 0 Å². The fourth-order valence-electron chi connectivity index (χ4n) is 2.05. The molecule has 17 heavy (non-hydrogen) atoms. The number of methoxy groups -OCH3 is 1. The lowest BCUT2D eigenvalue weighted by atomic mass is 10.3. The molecule has 0 bridgehead atoms. The summed E-state index contributed by atoms with van der Waals surface area (Å²) in [7, 11) is 1.65. The molecule has 2 amide bonds. The molecule has 2 saturated heterocycles. The first-order valence-corrected chi connectivity index (χ1v) is 6.03. The quantitative estimate of drug-likeness (QED) is 0.640. The van der Waals surface area contributed by atoms with Crippen LogP contribution in [-0.2, 0) is 14.2 Å². The molecule has 0 spiro atoms. The van der Waals surface area contributed by atoms with Gasteiger partial charge in [0.2, 0.25) is 0 Å². The molecule has 0 aromatic rings. The number of amides is 2. The Morgan fingerprint density at radius 3 is 2.47 bits per heavy atom. The van der Waals surface area contributed by atoms with E-state index in [0.29, 0.717) is 52.6 Å². The SMILES string of the molecule is CO[C@H]1COCCN(C(=O)N2CCOCC2)C1. The van der Waals surface area contributed by atoms with Crippen molar-refractivity contribution in [1.82, 2.24) is 9.80 Å². The van der Waals surface area contributed by atoms with E-state index < -0.39 is 0 Å². The van der Waals surface area contributed by atoms with Gasteiger partial charge in [0, 0.05) is 26.7 Å². The average molecular weight is 244 g/mol. The lowest BCUT2D eigenvalue weighted by Crippen LogP contribution is -2.50. The van der Waals surface area contributed by atoms with E-state index in [1.165, 1.54) is 0 Å². The Morgan fingerprint density at radius 2 is 1.76 bits per heavy atom. The van der Waals surface area contributed by atoms with E-state index in [1.54, 1.807) is 7.11 Å². The number of carbonyl (C=O) groups is 1. The first-order valence-electron chi connectivity index (χ1n) is 6.03. The summed E-state index contributed by atoms with van der Waals surface area (Å²) in [6.07, 6.45) is -0.0255. The van der Waals surface area contributed by atoms with Gasteiger partial charge in [0.05, 0.1) is 39.1 Å². The van der Waals surface area contributed by atoms with Crippen LogP contribution in [0.1, 0.15) is 0 Å². The lowest BCUT2D eigenvalue weighted by molar-refractivity contribution is 0.0203. The molecule has 2 heterocycles. The van der Waals surface area contributed by atoms with Gasteiger partial charge in [0.15, 0.2) is 0 Å². The molecule has 98 valence electrons. The molecule has 0 saturated carbocycles. The number of morpholine rings is 1. The summed E-state index contributed by atoms with van der Waals surface area (Å²) in [6.45, 7) is 4.98. The molecular formula is C11H20N2O4. The topological polar surface area (TPSA) is 51.2 Å². The van der Waals surface area contributed by atoms with E-state index in [4.69, 9.17) is 14.2 Å². The minimum absolute atomic E-state index is 0.0255. The molecule has 0 aromatic heterocycles. The average Bonchev–Trinajstić information content (AvgIpc) is 2.64. The Morgan fingerprint density at radius 1 is 1.12 bits per heavy atom. The normalized spacial score (nSPS) is 26.8. The van der Waals surface area contributed by atoms with Crippen LogP contribution in [0, 0.1) is 0 Å². The van der Waals surface area contributed by atoms with Gasteiger partial charge in [-0.15, -0.1) is 0 Å². The zero-order chi connectivity index (χ0) is 12.1. The Hall–Kier alpha value is -0.850. The molecule has 2 aliphatic heterocycles. The second-order valence-corrected chi connectivity index (χ2v) is 4.26. The Labute approximate surface area is 101 Å². The van der Waals surface area contributed by atoms with Crippen LogP contribution in [0.3, 0.4) is 0 Å². The maximum Gasteiger partial charge on any atom is 0.320 e. The molecule has 2 fully saturated rings. The maximum absolute atomic E-state index is 12.3. The minimum atomic E-state index is -0.0255. The van der Waals surface area contributed by atoms with Crippen molar-refractivity contribution in [1.29, 1.82) is 0 Å². The van der Waals surface area contributed by atoms with Gasteiger partial charge < -0.3 is 24.0 Å². The molecule has 6 heteroatoms. The summed E-state index contributed by atoms with van der Waals surface area (Å²) >= 11 is 0. The van der Waals surface area contributed by atoms with Crippen molar-refractivity contribution in [2.24, 2.45) is 0 Å². The Balaban J connectivity index is 1.91. The summed E-state index contributed by atoms with van der Waals surface area (Å²) < 4.78 is 15.9. The van der Waals surface area contributed by atoms with E-state index in [2.05, 4.69) is 0 Å². The van der Waals surface area contributed by atoms with Crippen molar-refractivity contribution >= 4 is 6.03 Å². The third kappa shape index (κ3) is 3.31. The highest BCUT2D eigenvalue weighted by molar-refractivity contribution is 5.74. The highest BCUT2D eigenvalue weighted by Crippen LogP contribution is 2.08. The summed E-state index contributed by atoms with van der Waals surface area (Å²) in [5, 5.41) is 0. The number of hydrogen-bond acceptors (Lipinski definition) is 4. The van der Waals surface area contributed by atoms with Crippen LogP contribution in [0.5, 0.6) is 0 Å². The highest BCUT2D eigenvalue weighted by Gasteiger charge is 2.26. The lowest BCUT2D eigenvalue weighted by Gasteiger charge is -2.32. The fraction of sp³-hybridized carbons (Fsp3) is 0.909. The molecule has 0 aromatic carbocycles. The summed E-state index contributed by atoms with van der Waals surface area (Å²) in [5.74, 6) is 0. The third-order valence-corrected chi connectivity index (χ3v) is 3.12. The van der Waals surface area contributed by atoms with Crippen molar-refractivity contribution in [3.05, 3.63) is 0 Å². The van der Waals surface area contributed by atoms with Crippen molar-refractivity contribution < 1.29 is 19.0 Å². The van der Waals surface area contributed by atoms with Gasteiger partial charge in [0.25, 0.3) is 0 Å². The smallest absolute Gasteiger partial charge is 0.320 e. The Bertz CT molecular complexity index is 256. The Kier molecular flexibility index (Phi) is 4.58. The number of nitrogens with zero attached hydrogens (tertiary/aromatic N) is 2. The number of carbonyl (C=O) groups excluding carboxylic acids is 1. The third-order valence-electron chi connectivity index (χ3n) is 3.12. The van der Waals surface area contributed by atoms with Crippen molar-refractivity contribution in [3.63, 3.8) is 0 Å². The second-order valence-electron chi connectivity index (χ2n) is 4.26.